The van der Waals surface area contributed by atoms with E-state index < -0.39 is 0 Å². The highest BCUT2D eigenvalue weighted by Crippen LogP contribution is 2.30. The fourth-order valence-electron chi connectivity index (χ4n) is 1.77. The van der Waals surface area contributed by atoms with E-state index >= 15 is 0 Å². The van der Waals surface area contributed by atoms with Crippen molar-refractivity contribution >= 4 is 27.4 Å². The maximum atomic E-state index is 5.38. The second-order valence-corrected chi connectivity index (χ2v) is 5.52. The molecule has 0 unspecified atom stereocenters. The fraction of sp³-hybridized carbons (Fsp3) is 0.267. The Kier molecular flexibility index (Phi) is 4.43. The Bertz CT molecular complexity index is 553. The van der Waals surface area contributed by atoms with Crippen LogP contribution >= 0.6 is 15.9 Å². The highest BCUT2D eigenvalue weighted by Gasteiger charge is 2.07. The van der Waals surface area contributed by atoms with E-state index in [9.17, 15) is 0 Å². The van der Waals surface area contributed by atoms with Crippen LogP contribution in [-0.2, 0) is 0 Å². The zero-order chi connectivity index (χ0) is 13.8. The normalized spacial score (nSPS) is 10.6. The predicted octanol–water partition coefficient (Wildman–Crippen LogP) is 4.72. The number of benzene rings is 1. The van der Waals surface area contributed by atoms with Crippen molar-refractivity contribution in [3.8, 4) is 5.75 Å². The van der Waals surface area contributed by atoms with Crippen molar-refractivity contribution in [2.45, 2.75) is 19.8 Å². The van der Waals surface area contributed by atoms with Crippen LogP contribution in [0.1, 0.15) is 25.3 Å². The number of hydrogen-bond acceptors (Lipinski definition) is 3. The largest absolute Gasteiger partial charge is 0.495 e. The molecule has 0 aliphatic carbocycles. The number of nitrogens with zero attached hydrogens (tertiary/aromatic N) is 1. The first kappa shape index (κ1) is 13.9. The van der Waals surface area contributed by atoms with Crippen molar-refractivity contribution in [2.75, 3.05) is 12.4 Å². The Morgan fingerprint density at radius 2 is 2.00 bits per heavy atom. The van der Waals surface area contributed by atoms with Gasteiger partial charge in [0.2, 0.25) is 0 Å². The molecular formula is C15H17BrN2O. The molecule has 2 rings (SSSR count). The molecule has 0 fully saturated rings. The van der Waals surface area contributed by atoms with Gasteiger partial charge < -0.3 is 10.1 Å². The van der Waals surface area contributed by atoms with Crippen LogP contribution < -0.4 is 10.1 Å². The lowest BCUT2D eigenvalue weighted by Gasteiger charge is -2.14. The quantitative estimate of drug-likeness (QED) is 0.885. The molecule has 2 aromatic rings. The average molecular weight is 321 g/mol. The molecule has 1 aromatic heterocycles. The first-order valence-electron chi connectivity index (χ1n) is 6.16. The van der Waals surface area contributed by atoms with Crippen LogP contribution in [-0.4, -0.2) is 12.1 Å². The number of pyridine rings is 1. The molecule has 19 heavy (non-hydrogen) atoms. The lowest BCUT2D eigenvalue weighted by Crippen LogP contribution is -1.98. The van der Waals surface area contributed by atoms with Crippen LogP contribution in [0.2, 0.25) is 0 Å². The Hall–Kier alpha value is -1.55. The molecule has 0 amide bonds. The number of methoxy groups -OCH3 is 1. The molecule has 0 spiro atoms. The van der Waals surface area contributed by atoms with Gasteiger partial charge in [0.1, 0.15) is 11.6 Å². The standard InChI is InChI=1S/C15H17BrN2O/c1-10(2)11-4-6-14(19-3)13(8-11)18-15-7-5-12(16)9-17-15/h4-10H,1-3H3,(H,17,18). The Morgan fingerprint density at radius 3 is 2.58 bits per heavy atom. The Labute approximate surface area is 122 Å². The second kappa shape index (κ2) is 6.06. The number of nitrogens with one attached hydrogen (secondary N) is 1. The molecule has 0 atom stereocenters. The third kappa shape index (κ3) is 3.47. The van der Waals surface area contributed by atoms with Gasteiger partial charge in [-0.1, -0.05) is 19.9 Å². The Morgan fingerprint density at radius 1 is 1.21 bits per heavy atom. The van der Waals surface area contributed by atoms with Gasteiger partial charge in [0, 0.05) is 10.7 Å². The average Bonchev–Trinajstić information content (AvgIpc) is 2.41. The minimum atomic E-state index is 0.476. The van der Waals surface area contributed by atoms with Crippen molar-refractivity contribution in [1.82, 2.24) is 4.98 Å². The number of ether oxygens (including phenoxy) is 1. The molecule has 0 bridgehead atoms. The van der Waals surface area contributed by atoms with Crippen LogP contribution in [0.5, 0.6) is 5.75 Å². The maximum absolute atomic E-state index is 5.38. The number of rotatable bonds is 4. The summed E-state index contributed by atoms with van der Waals surface area (Å²) in [6, 6.07) is 10.0. The molecule has 1 heterocycles. The monoisotopic (exact) mass is 320 g/mol. The molecular weight excluding hydrogens is 304 g/mol. The molecule has 0 aliphatic rings. The molecule has 4 heteroatoms. The van der Waals surface area contributed by atoms with Crippen molar-refractivity contribution in [1.29, 1.82) is 0 Å². The minimum Gasteiger partial charge on any atom is -0.495 e. The third-order valence-corrected chi connectivity index (χ3v) is 3.35. The highest BCUT2D eigenvalue weighted by atomic mass is 79.9. The first-order chi connectivity index (χ1) is 9.10. The van der Waals surface area contributed by atoms with Gasteiger partial charge in [0.05, 0.1) is 12.8 Å². The van der Waals surface area contributed by atoms with E-state index in [2.05, 4.69) is 52.2 Å². The van der Waals surface area contributed by atoms with Gasteiger partial charge in [-0.15, -0.1) is 0 Å². The van der Waals surface area contributed by atoms with Crippen LogP contribution in [0.3, 0.4) is 0 Å². The maximum Gasteiger partial charge on any atom is 0.142 e. The zero-order valence-corrected chi connectivity index (χ0v) is 12.9. The molecule has 0 aliphatic heterocycles. The molecule has 3 nitrogen and oxygen atoms in total. The molecule has 0 radical (unpaired) electrons. The summed E-state index contributed by atoms with van der Waals surface area (Å²) in [5, 5.41) is 3.29. The summed E-state index contributed by atoms with van der Waals surface area (Å²) in [5.74, 6) is 2.08. The van der Waals surface area contributed by atoms with Gasteiger partial charge >= 0.3 is 0 Å². The Balaban J connectivity index is 2.31. The molecule has 1 N–H and O–H groups in total. The summed E-state index contributed by atoms with van der Waals surface area (Å²) in [5.41, 5.74) is 2.20. The van der Waals surface area contributed by atoms with Gasteiger partial charge in [0.25, 0.3) is 0 Å². The topological polar surface area (TPSA) is 34.1 Å². The summed E-state index contributed by atoms with van der Waals surface area (Å²) in [7, 11) is 1.67. The van der Waals surface area contributed by atoms with Gasteiger partial charge in [0.15, 0.2) is 0 Å². The second-order valence-electron chi connectivity index (χ2n) is 4.60. The van der Waals surface area contributed by atoms with Crippen LogP contribution in [0.25, 0.3) is 0 Å². The van der Waals surface area contributed by atoms with E-state index in [4.69, 9.17) is 4.74 Å². The number of halogens is 1. The number of aromatic nitrogens is 1. The predicted molar refractivity (Wildman–Crippen MR) is 82.3 cm³/mol. The van der Waals surface area contributed by atoms with Crippen LogP contribution in [0.15, 0.2) is 41.0 Å². The lowest BCUT2D eigenvalue weighted by atomic mass is 10.0. The van der Waals surface area contributed by atoms with Crippen molar-refractivity contribution in [3.63, 3.8) is 0 Å². The van der Waals surface area contributed by atoms with Gasteiger partial charge in [-0.25, -0.2) is 4.98 Å². The smallest absolute Gasteiger partial charge is 0.142 e. The van der Waals surface area contributed by atoms with Gasteiger partial charge in [-0.3, -0.25) is 0 Å². The summed E-state index contributed by atoms with van der Waals surface area (Å²) >= 11 is 3.37. The highest BCUT2D eigenvalue weighted by molar-refractivity contribution is 9.10. The van der Waals surface area contributed by atoms with E-state index in [0.717, 1.165) is 21.7 Å². The molecule has 100 valence electrons. The first-order valence-corrected chi connectivity index (χ1v) is 6.96. The minimum absolute atomic E-state index is 0.476. The summed E-state index contributed by atoms with van der Waals surface area (Å²) in [6.07, 6.45) is 1.76. The number of anilines is 2. The summed E-state index contributed by atoms with van der Waals surface area (Å²) in [6.45, 7) is 4.34. The van der Waals surface area contributed by atoms with E-state index in [-0.39, 0.29) is 0 Å². The van der Waals surface area contributed by atoms with E-state index in [0.29, 0.717) is 5.92 Å². The van der Waals surface area contributed by atoms with Crippen molar-refractivity contribution in [3.05, 3.63) is 46.6 Å². The van der Waals surface area contributed by atoms with Crippen molar-refractivity contribution in [2.24, 2.45) is 0 Å². The SMILES string of the molecule is COc1ccc(C(C)C)cc1Nc1ccc(Br)cn1. The van der Waals surface area contributed by atoms with E-state index in [1.54, 1.807) is 13.3 Å². The zero-order valence-electron chi connectivity index (χ0n) is 11.3. The fourth-order valence-corrected chi connectivity index (χ4v) is 2.00. The van der Waals surface area contributed by atoms with E-state index in [1.165, 1.54) is 5.56 Å². The van der Waals surface area contributed by atoms with E-state index in [1.807, 2.05) is 18.2 Å². The lowest BCUT2D eigenvalue weighted by molar-refractivity contribution is 0.416. The molecule has 0 saturated carbocycles. The molecule has 0 saturated heterocycles. The van der Waals surface area contributed by atoms with Crippen LogP contribution in [0, 0.1) is 0 Å². The summed E-state index contributed by atoms with van der Waals surface area (Å²) < 4.78 is 6.34. The molecule has 1 aromatic carbocycles. The van der Waals surface area contributed by atoms with Gasteiger partial charge in [-0.2, -0.15) is 0 Å². The van der Waals surface area contributed by atoms with Gasteiger partial charge in [-0.05, 0) is 51.7 Å². The summed E-state index contributed by atoms with van der Waals surface area (Å²) in [4.78, 5) is 4.31. The van der Waals surface area contributed by atoms with Crippen molar-refractivity contribution < 1.29 is 4.74 Å². The number of hydrogen-bond donors (Lipinski definition) is 1. The van der Waals surface area contributed by atoms with Crippen LogP contribution in [0.4, 0.5) is 11.5 Å². The third-order valence-electron chi connectivity index (χ3n) is 2.88.